The van der Waals surface area contributed by atoms with Gasteiger partial charge in [0.15, 0.2) is 0 Å². The zero-order valence-electron chi connectivity index (χ0n) is 50.5. The summed E-state index contributed by atoms with van der Waals surface area (Å²) in [5, 5.41) is 4.67. The van der Waals surface area contributed by atoms with Crippen molar-refractivity contribution in [1.82, 2.24) is 9.13 Å². The number of benzene rings is 15. The lowest BCUT2D eigenvalue weighted by atomic mass is 9.92. The minimum atomic E-state index is 1.09. The van der Waals surface area contributed by atoms with Crippen molar-refractivity contribution in [2.75, 3.05) is 0 Å². The summed E-state index contributed by atoms with van der Waals surface area (Å²) in [6.07, 6.45) is 0. The zero-order valence-corrected chi connectivity index (χ0v) is 50.5. The van der Waals surface area contributed by atoms with Crippen LogP contribution in [0.25, 0.3) is 166 Å². The maximum atomic E-state index is 2.60. The van der Waals surface area contributed by atoms with E-state index in [0.29, 0.717) is 0 Å². The number of rotatable bonds is 12. The first-order valence-corrected chi connectivity index (χ1v) is 31.7. The smallest absolute Gasteiger partial charge is 0.0788 e. The number of aromatic nitrogens is 2. The molecule has 17 rings (SSSR count). The summed E-state index contributed by atoms with van der Waals surface area (Å²) >= 11 is 0. The second-order valence-corrected chi connectivity index (χ2v) is 23.8. The third-order valence-corrected chi connectivity index (χ3v) is 18.6. The molecule has 15 aromatic carbocycles. The summed E-state index contributed by atoms with van der Waals surface area (Å²) < 4.78 is 5.20. The largest absolute Gasteiger partial charge is 0.307 e. The molecule has 0 atom stereocenters. The summed E-state index contributed by atoms with van der Waals surface area (Å²) in [4.78, 5) is 0. The lowest BCUT2D eigenvalue weighted by molar-refractivity contribution is 1.10. The molecule has 0 N–H and O–H groups in total. The van der Waals surface area contributed by atoms with Gasteiger partial charge in [-0.15, -0.1) is 0 Å². The maximum Gasteiger partial charge on any atom is 0.0788 e. The third-order valence-electron chi connectivity index (χ3n) is 18.6. The third kappa shape index (κ3) is 9.44. The van der Waals surface area contributed by atoms with E-state index in [-0.39, 0.29) is 0 Å². The van der Waals surface area contributed by atoms with Gasteiger partial charge in [0.05, 0.1) is 33.4 Å². The maximum absolute atomic E-state index is 2.60. The van der Waals surface area contributed by atoms with Crippen molar-refractivity contribution in [3.05, 3.63) is 364 Å². The molecule has 2 heterocycles. The van der Waals surface area contributed by atoms with Gasteiger partial charge in [-0.25, -0.2) is 0 Å². The number of hydrogen-bond acceptors (Lipinski definition) is 0. The van der Waals surface area contributed by atoms with Crippen LogP contribution in [-0.4, -0.2) is 9.13 Å². The van der Waals surface area contributed by atoms with Crippen LogP contribution in [0.5, 0.6) is 0 Å². The summed E-state index contributed by atoms with van der Waals surface area (Å²) in [6, 6.07) is 134. The van der Waals surface area contributed by atoms with Gasteiger partial charge in [0.1, 0.15) is 0 Å². The van der Waals surface area contributed by atoms with Gasteiger partial charge in [-0.2, -0.15) is 0 Å². The Kier molecular flexibility index (Phi) is 13.6. The van der Waals surface area contributed by atoms with Gasteiger partial charge in [-0.05, 0) is 149 Å². The predicted molar refractivity (Wildman–Crippen MR) is 389 cm³/mol. The molecule has 430 valence electrons. The van der Waals surface area contributed by atoms with E-state index in [0.717, 1.165) is 77.9 Å². The molecule has 2 nitrogen and oxygen atoms in total. The van der Waals surface area contributed by atoms with Crippen LogP contribution < -0.4 is 0 Å². The fraction of sp³-hybridized carbons (Fsp3) is 0. The zero-order chi connectivity index (χ0) is 60.9. The van der Waals surface area contributed by atoms with Gasteiger partial charge < -0.3 is 9.13 Å². The fourth-order valence-electron chi connectivity index (χ4n) is 14.3. The van der Waals surface area contributed by atoms with E-state index in [1.807, 2.05) is 0 Å². The molecule has 0 bridgehead atoms. The van der Waals surface area contributed by atoms with E-state index in [4.69, 9.17) is 0 Å². The molecule has 0 aliphatic heterocycles. The van der Waals surface area contributed by atoms with Crippen molar-refractivity contribution in [2.24, 2.45) is 0 Å². The molecule has 92 heavy (non-hydrogen) atoms. The van der Waals surface area contributed by atoms with Crippen LogP contribution in [0.4, 0.5) is 0 Å². The van der Waals surface area contributed by atoms with Gasteiger partial charge in [0.25, 0.3) is 0 Å². The molecule has 0 unspecified atom stereocenters. The summed E-state index contributed by atoms with van der Waals surface area (Å²) in [5.74, 6) is 0. The molecule has 0 fully saturated rings. The number of nitrogens with zero attached hydrogens (tertiary/aromatic N) is 2. The molecule has 0 spiro atoms. The van der Waals surface area contributed by atoms with Crippen LogP contribution in [0.15, 0.2) is 364 Å². The highest BCUT2D eigenvalue weighted by molar-refractivity contribution is 6.16. The Morgan fingerprint density at radius 2 is 0.304 bits per heavy atom. The van der Waals surface area contributed by atoms with Crippen LogP contribution in [0.1, 0.15) is 0 Å². The molecule has 0 amide bonds. The Morgan fingerprint density at radius 1 is 0.130 bits per heavy atom. The quantitative estimate of drug-likeness (QED) is 0.115. The minimum Gasteiger partial charge on any atom is -0.307 e. The normalized spacial score (nSPS) is 11.5. The average Bonchev–Trinajstić information content (AvgIpc) is 1.52. The molecular weight excluding hydrogens is 1110 g/mol. The predicted octanol–water partition coefficient (Wildman–Crippen LogP) is 24.6. The first-order chi connectivity index (χ1) is 45.7. The van der Waals surface area contributed by atoms with E-state index < -0.39 is 0 Å². The van der Waals surface area contributed by atoms with Gasteiger partial charge in [-0.3, -0.25) is 0 Å². The molecule has 17 aromatic rings. The van der Waals surface area contributed by atoms with Crippen LogP contribution in [0.2, 0.25) is 0 Å². The SMILES string of the molecule is c1ccc(-c2ccccc2-c2ccc3c(c2)c2cc(-c4ccccc4-c4ccccc4)ccc2n3-c2c(-c3ccccc3)ccc(-c3ccccc3)c2-n2c3ccc(-c4ccccc4-c4ccccc4)cc3c3cc(-c4ccccc4-c4ccccc4)ccc32)cc1. The van der Waals surface area contributed by atoms with Crippen molar-refractivity contribution in [1.29, 1.82) is 0 Å². The summed E-state index contributed by atoms with van der Waals surface area (Å²) in [6.45, 7) is 0. The molecular formula is C90H60N2. The number of hydrogen-bond donors (Lipinski definition) is 0. The second-order valence-electron chi connectivity index (χ2n) is 23.8. The Bertz CT molecular complexity index is 4960. The van der Waals surface area contributed by atoms with E-state index >= 15 is 0 Å². The van der Waals surface area contributed by atoms with E-state index in [1.54, 1.807) is 0 Å². The topological polar surface area (TPSA) is 9.86 Å². The van der Waals surface area contributed by atoms with Crippen LogP contribution >= 0.6 is 0 Å². The molecule has 2 heteroatoms. The monoisotopic (exact) mass is 1170 g/mol. The summed E-state index contributed by atoms with van der Waals surface area (Å²) in [7, 11) is 0. The van der Waals surface area contributed by atoms with Crippen molar-refractivity contribution in [2.45, 2.75) is 0 Å². The van der Waals surface area contributed by atoms with E-state index in [1.165, 1.54) is 88.3 Å². The minimum absolute atomic E-state index is 1.09. The van der Waals surface area contributed by atoms with Crippen LogP contribution in [0.3, 0.4) is 0 Å². The highest BCUT2D eigenvalue weighted by atomic mass is 15.1. The lowest BCUT2D eigenvalue weighted by Gasteiger charge is -2.24. The van der Waals surface area contributed by atoms with Gasteiger partial charge in [0.2, 0.25) is 0 Å². The standard InChI is InChI=1S/C90H60N2/c1-7-27-61(28-8-1)71-39-19-23-43-75(71)67-47-53-85-81(57-67)82-58-68(76-44-24-20-40-72(76)62-29-9-2-10-30-62)48-54-86(82)91(85)89-79(65-35-15-5-16-36-65)51-52-80(66-37-17-6-18-38-66)90(89)92-87-55-49-69(77-45-25-21-41-73(77)63-31-11-3-12-32-63)59-83(87)84-60-70(50-56-88(84)92)78-46-26-22-42-74(78)64-33-13-4-14-34-64/h1-60H. The molecule has 0 saturated heterocycles. The van der Waals surface area contributed by atoms with Gasteiger partial charge in [0, 0.05) is 32.7 Å². The van der Waals surface area contributed by atoms with Crippen LogP contribution in [-0.2, 0) is 0 Å². The van der Waals surface area contributed by atoms with Crippen LogP contribution in [0, 0.1) is 0 Å². The molecule has 0 aliphatic carbocycles. The van der Waals surface area contributed by atoms with E-state index in [9.17, 15) is 0 Å². The Labute approximate surface area is 536 Å². The first-order valence-electron chi connectivity index (χ1n) is 31.7. The molecule has 0 aliphatic rings. The Balaban J connectivity index is 1.00. The van der Waals surface area contributed by atoms with Crippen molar-refractivity contribution < 1.29 is 0 Å². The average molecular weight is 1170 g/mol. The van der Waals surface area contributed by atoms with Crippen molar-refractivity contribution >= 4 is 43.6 Å². The Morgan fingerprint density at radius 3 is 0.511 bits per heavy atom. The first kappa shape index (κ1) is 54.1. The molecule has 0 saturated carbocycles. The second kappa shape index (κ2) is 23.1. The molecule has 2 aromatic heterocycles. The molecule has 0 radical (unpaired) electrons. The van der Waals surface area contributed by atoms with Crippen molar-refractivity contribution in [3.8, 4) is 123 Å². The summed E-state index contributed by atoms with van der Waals surface area (Å²) in [5.41, 5.74) is 30.0. The van der Waals surface area contributed by atoms with E-state index in [2.05, 4.69) is 373 Å². The highest BCUT2D eigenvalue weighted by Crippen LogP contribution is 2.49. The Hall–Kier alpha value is -12.1. The van der Waals surface area contributed by atoms with Crippen molar-refractivity contribution in [3.63, 3.8) is 0 Å². The van der Waals surface area contributed by atoms with Gasteiger partial charge in [-0.1, -0.05) is 315 Å². The lowest BCUT2D eigenvalue weighted by Crippen LogP contribution is -2.08. The highest BCUT2D eigenvalue weighted by Gasteiger charge is 2.28. The van der Waals surface area contributed by atoms with Gasteiger partial charge >= 0.3 is 0 Å². The number of fused-ring (bicyclic) bond motifs is 6. The fourth-order valence-corrected chi connectivity index (χ4v) is 14.3.